The second-order valence-electron chi connectivity index (χ2n) is 9.35. The first-order valence-electron chi connectivity index (χ1n) is 9.80. The second-order valence-corrected chi connectivity index (χ2v) is 9.35. The smallest absolute Gasteiger partial charge is 0.312 e. The number of carbonyl (C=O) groups excluding carboxylic acids is 1. The van der Waals surface area contributed by atoms with Crippen LogP contribution in [0.25, 0.3) is 0 Å². The Morgan fingerprint density at radius 3 is 2.10 bits per heavy atom. The van der Waals surface area contributed by atoms with Gasteiger partial charge in [-0.15, -0.1) is 0 Å². The van der Waals surface area contributed by atoms with Gasteiger partial charge in [0.1, 0.15) is 20.0 Å². The van der Waals surface area contributed by atoms with Crippen LogP contribution in [0.15, 0.2) is 0 Å². The minimum Gasteiger partial charge on any atom is -0.459 e. The van der Waals surface area contributed by atoms with Crippen molar-refractivity contribution in [3.05, 3.63) is 0 Å². The molecule has 0 aromatic rings. The van der Waals surface area contributed by atoms with Crippen LogP contribution in [0, 0.1) is 23.2 Å². The molecular formula is C19H28F6O6. The van der Waals surface area contributed by atoms with Crippen LogP contribution >= 0.6 is 0 Å². The van der Waals surface area contributed by atoms with Gasteiger partial charge in [0.2, 0.25) is 0 Å². The highest BCUT2D eigenvalue weighted by Gasteiger charge is 2.73. The maximum absolute atomic E-state index is 14.3. The van der Waals surface area contributed by atoms with Gasteiger partial charge < -0.3 is 25.2 Å². The number of ether oxygens (including phenoxy) is 3. The van der Waals surface area contributed by atoms with Crippen molar-refractivity contribution in [2.75, 3.05) is 26.6 Å². The molecule has 0 aromatic carbocycles. The molecular weight excluding hydrogens is 438 g/mol. The number of esters is 1. The summed E-state index contributed by atoms with van der Waals surface area (Å²) in [4.78, 5) is 12.7. The normalized spacial score (nSPS) is 39.5. The highest BCUT2D eigenvalue weighted by atomic mass is 19.3. The average molecular weight is 466 g/mol. The SMILES string of the molecule is CC(F)(F)COC(=O)C12CC3CC(C1)C1(OCC(F)(F)C(CF)(CF)O1)C(C3)C2.O.O. The molecule has 0 aromatic heterocycles. The second kappa shape index (κ2) is 8.03. The standard InChI is InChI=1S/C19H24F6O4.2H2O/c1-15(22,23)9-27-14(26)16-4-11-2-12(5-16)19(13(3-11)6-16)28-10-18(24,25)17(7-20,8-21)29-19;;/h11-13H,2-10H2,1H3;2*1H2. The van der Waals surface area contributed by atoms with Crippen LogP contribution in [-0.4, -0.2) is 66.7 Å². The molecule has 0 radical (unpaired) electrons. The van der Waals surface area contributed by atoms with Crippen molar-refractivity contribution in [2.45, 2.75) is 62.3 Å². The third-order valence-electron chi connectivity index (χ3n) is 7.15. The minimum atomic E-state index is -3.83. The van der Waals surface area contributed by atoms with Crippen LogP contribution in [0.4, 0.5) is 26.3 Å². The Kier molecular flexibility index (Phi) is 6.78. The maximum atomic E-state index is 14.3. The van der Waals surface area contributed by atoms with Crippen LogP contribution in [0.2, 0.25) is 0 Å². The van der Waals surface area contributed by atoms with E-state index < -0.39 is 73.0 Å². The highest BCUT2D eigenvalue weighted by Crippen LogP contribution is 2.67. The summed E-state index contributed by atoms with van der Waals surface area (Å²) in [7, 11) is 0. The zero-order valence-electron chi connectivity index (χ0n) is 17.0. The van der Waals surface area contributed by atoms with Crippen LogP contribution < -0.4 is 0 Å². The van der Waals surface area contributed by atoms with E-state index >= 15 is 0 Å². The Labute approximate surface area is 175 Å². The van der Waals surface area contributed by atoms with Gasteiger partial charge in [-0.25, -0.2) is 26.3 Å². The van der Waals surface area contributed by atoms with E-state index in [1.165, 1.54) is 0 Å². The van der Waals surface area contributed by atoms with Gasteiger partial charge in [-0.3, -0.25) is 4.79 Å². The Morgan fingerprint density at radius 1 is 1.06 bits per heavy atom. The molecule has 5 fully saturated rings. The van der Waals surface area contributed by atoms with Crippen LogP contribution in [0.5, 0.6) is 0 Å². The lowest BCUT2D eigenvalue weighted by molar-refractivity contribution is -0.452. The first kappa shape index (κ1) is 26.1. The van der Waals surface area contributed by atoms with Crippen LogP contribution in [0.1, 0.15) is 39.0 Å². The van der Waals surface area contributed by atoms with E-state index in [2.05, 4.69) is 0 Å². The van der Waals surface area contributed by atoms with Crippen molar-refractivity contribution in [3.8, 4) is 0 Å². The van der Waals surface area contributed by atoms with E-state index in [1.54, 1.807) is 0 Å². The minimum absolute atomic E-state index is 0. The number of halogens is 6. The molecule has 4 aliphatic carbocycles. The van der Waals surface area contributed by atoms with E-state index in [4.69, 9.17) is 14.2 Å². The summed E-state index contributed by atoms with van der Waals surface area (Å²) >= 11 is 0. The zero-order chi connectivity index (χ0) is 21.3. The maximum Gasteiger partial charge on any atom is 0.312 e. The molecule has 4 saturated carbocycles. The first-order chi connectivity index (χ1) is 13.4. The predicted molar refractivity (Wildman–Crippen MR) is 94.2 cm³/mol. The number of rotatable bonds is 5. The molecule has 1 spiro atoms. The molecule has 4 bridgehead atoms. The van der Waals surface area contributed by atoms with E-state index in [1.807, 2.05) is 0 Å². The fourth-order valence-electron chi connectivity index (χ4n) is 5.95. The van der Waals surface area contributed by atoms with Gasteiger partial charge in [0, 0.05) is 18.8 Å². The Balaban J connectivity index is 0.00000171. The molecule has 31 heavy (non-hydrogen) atoms. The summed E-state index contributed by atoms with van der Waals surface area (Å²) in [6.07, 6.45) is 1.71. The Morgan fingerprint density at radius 2 is 1.61 bits per heavy atom. The van der Waals surface area contributed by atoms with Crippen LogP contribution in [0.3, 0.4) is 0 Å². The number of carbonyl (C=O) groups is 1. The topological polar surface area (TPSA) is 108 Å². The molecule has 5 rings (SSSR count). The molecule has 2 unspecified atom stereocenters. The molecule has 4 N–H and O–H groups in total. The fraction of sp³-hybridized carbons (Fsp3) is 0.947. The lowest BCUT2D eigenvalue weighted by Crippen LogP contribution is -2.74. The molecule has 1 saturated heterocycles. The van der Waals surface area contributed by atoms with Gasteiger partial charge in [-0.2, -0.15) is 0 Å². The fourth-order valence-corrected chi connectivity index (χ4v) is 5.95. The van der Waals surface area contributed by atoms with Gasteiger partial charge >= 0.3 is 11.9 Å². The monoisotopic (exact) mass is 466 g/mol. The molecule has 0 amide bonds. The Hall–Kier alpha value is -1.11. The molecule has 2 atom stereocenters. The van der Waals surface area contributed by atoms with Crippen molar-refractivity contribution in [2.24, 2.45) is 23.2 Å². The van der Waals surface area contributed by atoms with Crippen molar-refractivity contribution in [3.63, 3.8) is 0 Å². The van der Waals surface area contributed by atoms with Crippen molar-refractivity contribution in [1.29, 1.82) is 0 Å². The summed E-state index contributed by atoms with van der Waals surface area (Å²) in [5.74, 6) is -10.4. The summed E-state index contributed by atoms with van der Waals surface area (Å²) < 4.78 is 97.8. The van der Waals surface area contributed by atoms with Crippen molar-refractivity contribution < 1.29 is 56.3 Å². The van der Waals surface area contributed by atoms with E-state index in [0.717, 1.165) is 0 Å². The summed E-state index contributed by atoms with van der Waals surface area (Å²) in [5, 5.41) is 0. The van der Waals surface area contributed by atoms with E-state index in [9.17, 15) is 31.1 Å². The average Bonchev–Trinajstić information content (AvgIpc) is 2.64. The highest BCUT2D eigenvalue weighted by molar-refractivity contribution is 5.77. The summed E-state index contributed by atoms with van der Waals surface area (Å²) in [6, 6.07) is 0. The number of hydrogen-bond donors (Lipinski definition) is 0. The van der Waals surface area contributed by atoms with Gasteiger partial charge in [-0.1, -0.05) is 0 Å². The van der Waals surface area contributed by atoms with Gasteiger partial charge in [0.15, 0.2) is 18.0 Å². The van der Waals surface area contributed by atoms with E-state index in [-0.39, 0.29) is 29.7 Å². The molecule has 1 aliphatic heterocycles. The number of alkyl halides is 6. The van der Waals surface area contributed by atoms with Gasteiger partial charge in [-0.05, 0) is 38.0 Å². The quantitative estimate of drug-likeness (QED) is 0.458. The zero-order valence-corrected chi connectivity index (χ0v) is 17.0. The molecule has 5 aliphatic rings. The summed E-state index contributed by atoms with van der Waals surface area (Å²) in [5.41, 5.74) is -3.94. The van der Waals surface area contributed by atoms with Gasteiger partial charge in [0.05, 0.1) is 5.41 Å². The van der Waals surface area contributed by atoms with Crippen LogP contribution in [-0.2, 0) is 19.0 Å². The number of hydrogen-bond acceptors (Lipinski definition) is 4. The molecule has 6 nitrogen and oxygen atoms in total. The summed E-state index contributed by atoms with van der Waals surface area (Å²) in [6.45, 7) is -4.97. The Bertz CT molecular complexity index is 663. The molecule has 12 heteroatoms. The third kappa shape index (κ3) is 3.83. The predicted octanol–water partition coefficient (Wildman–Crippen LogP) is 2.42. The van der Waals surface area contributed by atoms with Crippen molar-refractivity contribution >= 4 is 5.97 Å². The molecule has 1 heterocycles. The van der Waals surface area contributed by atoms with Crippen molar-refractivity contribution in [1.82, 2.24) is 0 Å². The largest absolute Gasteiger partial charge is 0.459 e. The molecule has 182 valence electrons. The third-order valence-corrected chi connectivity index (χ3v) is 7.15. The van der Waals surface area contributed by atoms with Gasteiger partial charge in [0.25, 0.3) is 5.92 Å². The van der Waals surface area contributed by atoms with E-state index in [0.29, 0.717) is 26.2 Å². The first-order valence-corrected chi connectivity index (χ1v) is 9.80. The lowest BCUT2D eigenvalue weighted by Gasteiger charge is -2.66. The lowest BCUT2D eigenvalue weighted by atomic mass is 9.47.